The quantitative estimate of drug-likeness (QED) is 0.0961. The van der Waals surface area contributed by atoms with Gasteiger partial charge in [0.15, 0.2) is 40.3 Å². The third kappa shape index (κ3) is 8.27. The van der Waals surface area contributed by atoms with E-state index in [1.807, 2.05) is 4.90 Å². The number of Topliss-reactive ketones (excluding diaryl/α,β-unsaturated/α-hetero) is 1. The van der Waals surface area contributed by atoms with E-state index in [1.165, 1.54) is 64.0 Å². The largest absolute Gasteiger partial charge is 0.493 e. The van der Waals surface area contributed by atoms with Crippen LogP contribution in [0.5, 0.6) is 51.7 Å². The summed E-state index contributed by atoms with van der Waals surface area (Å²) >= 11 is 0. The Hall–Kier alpha value is -4.88. The van der Waals surface area contributed by atoms with Crippen molar-refractivity contribution in [3.8, 4) is 51.7 Å². The fraction of sp³-hybridized carbons (Fsp3) is 0.410. The summed E-state index contributed by atoms with van der Waals surface area (Å²) in [6.07, 6.45) is 3.42. The second kappa shape index (κ2) is 18.9. The van der Waals surface area contributed by atoms with Crippen molar-refractivity contribution in [1.82, 2.24) is 4.90 Å². The first-order valence-electron chi connectivity index (χ1n) is 17.0. The normalized spacial score (nSPS) is 15.5. The first-order chi connectivity index (χ1) is 26.1. The molecular formula is C39H50NO13P. The molecule has 1 heterocycles. The predicted molar refractivity (Wildman–Crippen MR) is 204 cm³/mol. The summed E-state index contributed by atoms with van der Waals surface area (Å²) in [4.78, 5) is 16.5. The fourth-order valence-corrected chi connectivity index (χ4v) is 8.71. The standard InChI is InChI=1S/C39H50NO13P/c1-12-52-54(42,53-13-2)39(28-16-19-31(45-5)38(51-11)35(28)48-8)40-22-26(20-24-14-17-29(43-3)36(49-9)33(24)46-6)32(41)27(23-40)21-25-15-18-30(44-4)37(50-10)34(25)47-7/h14-21,39H,12-13,22-23H2,1-11H3/b26-20+,27-21+. The van der Waals surface area contributed by atoms with Crippen molar-refractivity contribution in [2.75, 3.05) is 90.3 Å². The van der Waals surface area contributed by atoms with Gasteiger partial charge in [0.25, 0.3) is 0 Å². The van der Waals surface area contributed by atoms with Crippen LogP contribution in [-0.2, 0) is 18.4 Å². The van der Waals surface area contributed by atoms with Gasteiger partial charge in [0, 0.05) is 40.9 Å². The maximum Gasteiger partial charge on any atom is 0.352 e. The van der Waals surface area contributed by atoms with Crippen LogP contribution >= 0.6 is 7.60 Å². The van der Waals surface area contributed by atoms with Gasteiger partial charge in [-0.05, 0) is 62.4 Å². The van der Waals surface area contributed by atoms with Gasteiger partial charge in [-0.15, -0.1) is 0 Å². The summed E-state index contributed by atoms with van der Waals surface area (Å²) in [5.41, 5.74) is 2.19. The molecule has 0 bridgehead atoms. The number of rotatable bonds is 18. The molecule has 0 radical (unpaired) electrons. The number of hydrogen-bond donors (Lipinski definition) is 0. The lowest BCUT2D eigenvalue weighted by Gasteiger charge is -2.39. The second-order valence-corrected chi connectivity index (χ2v) is 13.7. The van der Waals surface area contributed by atoms with E-state index in [0.29, 0.717) is 68.1 Å². The molecule has 0 aliphatic carbocycles. The highest BCUT2D eigenvalue weighted by Gasteiger charge is 2.46. The average Bonchev–Trinajstić information content (AvgIpc) is 3.18. The van der Waals surface area contributed by atoms with Crippen molar-refractivity contribution >= 4 is 25.5 Å². The van der Waals surface area contributed by atoms with Gasteiger partial charge in [-0.1, -0.05) is 0 Å². The van der Waals surface area contributed by atoms with Gasteiger partial charge in [-0.3, -0.25) is 14.3 Å². The Bertz CT molecular complexity index is 1810. The minimum absolute atomic E-state index is 0.00302. The SMILES string of the molecule is CCOP(=O)(OCC)C(c1ccc(OC)c(OC)c1OC)N1C/C(=C\c2ccc(OC)c(OC)c2OC)C(=O)/C(=C/c2ccc(OC)c(OC)c2OC)C1. The summed E-state index contributed by atoms with van der Waals surface area (Å²) in [7, 11) is 9.46. The molecule has 0 spiro atoms. The van der Waals surface area contributed by atoms with Crippen molar-refractivity contribution in [3.63, 3.8) is 0 Å². The number of carbonyl (C=O) groups excluding carboxylic acids is 1. The Kier molecular flexibility index (Phi) is 14.7. The maximum atomic E-state index is 15.1. The van der Waals surface area contributed by atoms with Gasteiger partial charge in [-0.25, -0.2) is 0 Å². The van der Waals surface area contributed by atoms with Crippen molar-refractivity contribution in [3.05, 3.63) is 64.2 Å². The van der Waals surface area contributed by atoms with E-state index in [0.717, 1.165) is 0 Å². The topological polar surface area (TPSA) is 139 Å². The number of nitrogens with zero attached hydrogens (tertiary/aromatic N) is 1. The van der Waals surface area contributed by atoms with Crippen LogP contribution in [0.15, 0.2) is 47.5 Å². The van der Waals surface area contributed by atoms with E-state index < -0.39 is 13.4 Å². The number of ketones is 1. The van der Waals surface area contributed by atoms with E-state index in [4.69, 9.17) is 51.7 Å². The van der Waals surface area contributed by atoms with Crippen LogP contribution in [-0.4, -0.2) is 101 Å². The number of carbonyl (C=O) groups is 1. The molecule has 3 aromatic carbocycles. The molecule has 3 aromatic rings. The zero-order chi connectivity index (χ0) is 39.6. The Morgan fingerprint density at radius 1 is 0.556 bits per heavy atom. The molecule has 4 rings (SSSR count). The smallest absolute Gasteiger partial charge is 0.352 e. The molecule has 1 aliphatic rings. The number of likely N-dealkylation sites (tertiary alicyclic amines) is 1. The molecular weight excluding hydrogens is 721 g/mol. The number of benzene rings is 3. The fourth-order valence-electron chi connectivity index (χ4n) is 6.52. The monoisotopic (exact) mass is 771 g/mol. The second-order valence-electron chi connectivity index (χ2n) is 11.6. The molecule has 0 N–H and O–H groups in total. The van der Waals surface area contributed by atoms with Gasteiger partial charge in [0.2, 0.25) is 17.2 Å². The number of ether oxygens (including phenoxy) is 9. The van der Waals surface area contributed by atoms with Crippen molar-refractivity contribution in [2.45, 2.75) is 19.6 Å². The maximum absolute atomic E-state index is 15.1. The van der Waals surface area contributed by atoms with E-state index in [1.54, 1.807) is 62.4 Å². The zero-order valence-corrected chi connectivity index (χ0v) is 33.6. The molecule has 294 valence electrons. The van der Waals surface area contributed by atoms with Crippen LogP contribution in [0.2, 0.25) is 0 Å². The number of piperidine rings is 1. The van der Waals surface area contributed by atoms with Gasteiger partial charge in [-0.2, -0.15) is 0 Å². The summed E-state index contributed by atoms with van der Waals surface area (Å²) in [5, 5.41) is 0. The van der Waals surface area contributed by atoms with Gasteiger partial charge >= 0.3 is 7.60 Å². The third-order valence-corrected chi connectivity index (χ3v) is 11.2. The Labute approximate surface area is 316 Å². The molecule has 0 saturated carbocycles. The lowest BCUT2D eigenvalue weighted by atomic mass is 9.93. The van der Waals surface area contributed by atoms with Crippen LogP contribution in [0.3, 0.4) is 0 Å². The zero-order valence-electron chi connectivity index (χ0n) is 32.7. The highest BCUT2D eigenvalue weighted by molar-refractivity contribution is 7.54. The molecule has 15 heteroatoms. The predicted octanol–water partition coefficient (Wildman–Crippen LogP) is 7.08. The van der Waals surface area contributed by atoms with E-state index >= 15 is 4.57 Å². The molecule has 0 aromatic heterocycles. The lowest BCUT2D eigenvalue weighted by Crippen LogP contribution is -2.40. The molecule has 1 atom stereocenters. The average molecular weight is 772 g/mol. The summed E-state index contributed by atoms with van der Waals surface area (Å²) in [5.74, 6) is 1.87. The van der Waals surface area contributed by atoms with Gasteiger partial charge < -0.3 is 51.7 Å². The van der Waals surface area contributed by atoms with Gasteiger partial charge in [0.1, 0.15) is 5.78 Å². The minimum Gasteiger partial charge on any atom is -0.493 e. The highest BCUT2D eigenvalue weighted by Crippen LogP contribution is 2.65. The van der Waals surface area contributed by atoms with Crippen LogP contribution in [0, 0.1) is 0 Å². The first-order valence-corrected chi connectivity index (χ1v) is 18.6. The summed E-state index contributed by atoms with van der Waals surface area (Å²) < 4.78 is 78.2. The molecule has 14 nitrogen and oxygen atoms in total. The van der Waals surface area contributed by atoms with E-state index in [2.05, 4.69) is 0 Å². The highest BCUT2D eigenvalue weighted by atomic mass is 31.2. The van der Waals surface area contributed by atoms with Crippen LogP contribution in [0.1, 0.15) is 36.3 Å². The molecule has 1 aliphatic heterocycles. The molecule has 54 heavy (non-hydrogen) atoms. The Morgan fingerprint density at radius 3 is 1.28 bits per heavy atom. The molecule has 0 amide bonds. The number of methoxy groups -OCH3 is 9. The first kappa shape index (κ1) is 41.9. The molecule has 1 unspecified atom stereocenters. The van der Waals surface area contributed by atoms with E-state index in [9.17, 15) is 4.79 Å². The van der Waals surface area contributed by atoms with E-state index in [-0.39, 0.29) is 43.6 Å². The number of hydrogen-bond acceptors (Lipinski definition) is 14. The molecule has 1 fully saturated rings. The van der Waals surface area contributed by atoms with Crippen molar-refractivity contribution < 1.29 is 61.0 Å². The molecule has 1 saturated heterocycles. The van der Waals surface area contributed by atoms with Crippen molar-refractivity contribution in [1.29, 1.82) is 0 Å². The lowest BCUT2D eigenvalue weighted by molar-refractivity contribution is -0.113. The van der Waals surface area contributed by atoms with Gasteiger partial charge in [0.05, 0.1) is 77.2 Å². The Balaban J connectivity index is 2.08. The summed E-state index contributed by atoms with van der Waals surface area (Å²) in [6, 6.07) is 10.4. The van der Waals surface area contributed by atoms with Crippen molar-refractivity contribution in [2.24, 2.45) is 0 Å². The minimum atomic E-state index is -4.07. The van der Waals surface area contributed by atoms with Crippen LogP contribution in [0.4, 0.5) is 0 Å². The Morgan fingerprint density at radius 2 is 0.926 bits per heavy atom. The van der Waals surface area contributed by atoms with Crippen LogP contribution < -0.4 is 42.6 Å². The third-order valence-electron chi connectivity index (χ3n) is 8.74. The summed E-state index contributed by atoms with van der Waals surface area (Å²) in [6.45, 7) is 3.63. The van der Waals surface area contributed by atoms with Crippen LogP contribution in [0.25, 0.3) is 12.2 Å².